The SMILES string of the molecule is CCCCSPCl. The van der Waals surface area contributed by atoms with E-state index in [1.807, 2.05) is 11.4 Å². The third-order valence-corrected chi connectivity index (χ3v) is 3.18. The molecule has 0 aromatic heterocycles. The lowest BCUT2D eigenvalue weighted by molar-refractivity contribution is 0.898. The summed E-state index contributed by atoms with van der Waals surface area (Å²) < 4.78 is 0. The van der Waals surface area contributed by atoms with Gasteiger partial charge in [0.05, 0.1) is 0 Å². The summed E-state index contributed by atoms with van der Waals surface area (Å²) in [5.41, 5.74) is 0. The zero-order chi connectivity index (χ0) is 5.54. The lowest BCUT2D eigenvalue weighted by Crippen LogP contribution is -1.69. The number of rotatable bonds is 4. The molecule has 1 atom stereocenters. The van der Waals surface area contributed by atoms with Crippen molar-refractivity contribution in [3.8, 4) is 0 Å². The van der Waals surface area contributed by atoms with E-state index in [1.165, 1.54) is 18.6 Å². The fourth-order valence-electron chi connectivity index (χ4n) is 0.255. The van der Waals surface area contributed by atoms with E-state index in [0.717, 1.165) is 0 Å². The second-order valence-corrected chi connectivity index (χ2v) is 4.85. The van der Waals surface area contributed by atoms with Gasteiger partial charge in [0.25, 0.3) is 0 Å². The Kier molecular flexibility index (Phi) is 8.15. The Morgan fingerprint density at radius 2 is 2.43 bits per heavy atom. The third kappa shape index (κ3) is 7.07. The monoisotopic (exact) mass is 156 g/mol. The van der Waals surface area contributed by atoms with Crippen LogP contribution in [0.1, 0.15) is 19.8 Å². The first kappa shape index (κ1) is 8.07. The molecule has 3 heteroatoms. The van der Waals surface area contributed by atoms with Crippen molar-refractivity contribution in [3.63, 3.8) is 0 Å². The fraction of sp³-hybridized carbons (Fsp3) is 1.00. The molecule has 0 amide bonds. The van der Waals surface area contributed by atoms with Crippen LogP contribution < -0.4 is 0 Å². The van der Waals surface area contributed by atoms with Gasteiger partial charge in [-0.25, -0.2) is 0 Å². The molecule has 0 N–H and O–H groups in total. The molecule has 0 heterocycles. The van der Waals surface area contributed by atoms with Gasteiger partial charge in [-0.3, -0.25) is 0 Å². The minimum atomic E-state index is 0.557. The Morgan fingerprint density at radius 3 is 2.86 bits per heavy atom. The fourth-order valence-corrected chi connectivity index (χ4v) is 2.12. The van der Waals surface area contributed by atoms with E-state index in [2.05, 4.69) is 6.92 Å². The average molecular weight is 157 g/mol. The normalized spacial score (nSPS) is 11.1. The van der Waals surface area contributed by atoms with Crippen LogP contribution in [0.25, 0.3) is 0 Å². The second-order valence-electron chi connectivity index (χ2n) is 1.28. The van der Waals surface area contributed by atoms with Gasteiger partial charge in [-0.2, -0.15) is 0 Å². The molecule has 0 aliphatic rings. The summed E-state index contributed by atoms with van der Waals surface area (Å²) in [7, 11) is 0.557. The van der Waals surface area contributed by atoms with E-state index in [9.17, 15) is 0 Å². The highest BCUT2D eigenvalue weighted by Crippen LogP contribution is 2.33. The summed E-state index contributed by atoms with van der Waals surface area (Å²) in [6.07, 6.45) is 2.60. The lowest BCUT2D eigenvalue weighted by Gasteiger charge is -1.89. The topological polar surface area (TPSA) is 0 Å². The maximum atomic E-state index is 5.43. The quantitative estimate of drug-likeness (QED) is 0.445. The maximum absolute atomic E-state index is 5.43. The van der Waals surface area contributed by atoms with Gasteiger partial charge in [0.2, 0.25) is 0 Å². The summed E-state index contributed by atoms with van der Waals surface area (Å²) in [5.74, 6) is 1.23. The summed E-state index contributed by atoms with van der Waals surface area (Å²) in [6, 6.07) is 0. The van der Waals surface area contributed by atoms with Gasteiger partial charge in [-0.15, -0.1) is 11.4 Å². The van der Waals surface area contributed by atoms with Crippen molar-refractivity contribution >= 4 is 29.8 Å². The van der Waals surface area contributed by atoms with E-state index in [0.29, 0.717) is 7.14 Å². The van der Waals surface area contributed by atoms with Crippen LogP contribution >= 0.6 is 29.8 Å². The smallest absolute Gasteiger partial charge is 0.0347 e. The molecule has 0 rings (SSSR count). The largest absolute Gasteiger partial charge is 0.121 e. The van der Waals surface area contributed by atoms with Gasteiger partial charge < -0.3 is 0 Å². The Labute approximate surface area is 55.7 Å². The molecule has 0 radical (unpaired) electrons. The molecule has 0 spiro atoms. The van der Waals surface area contributed by atoms with E-state index in [4.69, 9.17) is 11.2 Å². The van der Waals surface area contributed by atoms with Gasteiger partial charge >= 0.3 is 0 Å². The molecule has 0 fully saturated rings. The van der Waals surface area contributed by atoms with Gasteiger partial charge in [-0.05, 0) is 12.2 Å². The molecule has 0 saturated carbocycles. The van der Waals surface area contributed by atoms with Crippen LogP contribution in [0, 0.1) is 0 Å². The van der Waals surface area contributed by atoms with E-state index < -0.39 is 0 Å². The molecule has 44 valence electrons. The van der Waals surface area contributed by atoms with E-state index in [-0.39, 0.29) is 0 Å². The van der Waals surface area contributed by atoms with Crippen molar-refractivity contribution in [2.45, 2.75) is 19.8 Å². The lowest BCUT2D eigenvalue weighted by atomic mass is 10.4. The molecule has 0 aromatic carbocycles. The van der Waals surface area contributed by atoms with Crippen molar-refractivity contribution in [1.29, 1.82) is 0 Å². The van der Waals surface area contributed by atoms with Gasteiger partial charge in [-0.1, -0.05) is 24.6 Å². The van der Waals surface area contributed by atoms with Crippen molar-refractivity contribution in [2.24, 2.45) is 0 Å². The minimum Gasteiger partial charge on any atom is -0.121 e. The van der Waals surface area contributed by atoms with Crippen molar-refractivity contribution < 1.29 is 0 Å². The highest BCUT2D eigenvalue weighted by molar-refractivity contribution is 8.56. The second kappa shape index (κ2) is 7.07. The number of unbranched alkanes of at least 4 members (excludes halogenated alkanes) is 1. The Bertz CT molecular complexity index is 30.9. The van der Waals surface area contributed by atoms with Crippen molar-refractivity contribution in [2.75, 3.05) is 5.75 Å². The molecule has 0 nitrogen and oxygen atoms in total. The predicted molar refractivity (Wildman–Crippen MR) is 41.5 cm³/mol. The first-order chi connectivity index (χ1) is 3.41. The molecule has 0 aliphatic heterocycles. The van der Waals surface area contributed by atoms with Crippen LogP contribution in [-0.4, -0.2) is 5.75 Å². The molecular formula is C4H10ClPS. The predicted octanol–water partition coefficient (Wildman–Crippen LogP) is 3.27. The molecule has 1 unspecified atom stereocenters. The summed E-state index contributed by atoms with van der Waals surface area (Å²) in [4.78, 5) is 0. The Morgan fingerprint density at radius 1 is 1.71 bits per heavy atom. The maximum Gasteiger partial charge on any atom is 0.0347 e. The van der Waals surface area contributed by atoms with E-state index in [1.54, 1.807) is 0 Å². The Hall–Kier alpha value is 1.07. The van der Waals surface area contributed by atoms with Crippen LogP contribution in [0.5, 0.6) is 0 Å². The van der Waals surface area contributed by atoms with Crippen LogP contribution in [0.15, 0.2) is 0 Å². The molecule has 7 heavy (non-hydrogen) atoms. The third-order valence-electron chi connectivity index (χ3n) is 0.655. The zero-order valence-corrected chi connectivity index (χ0v) is 6.98. The Balaban J connectivity index is 2.45. The first-order valence-corrected chi connectivity index (χ1v) is 6.11. The van der Waals surface area contributed by atoms with Crippen LogP contribution in [0.2, 0.25) is 0 Å². The van der Waals surface area contributed by atoms with Gasteiger partial charge in [0.1, 0.15) is 0 Å². The van der Waals surface area contributed by atoms with Crippen LogP contribution in [-0.2, 0) is 0 Å². The number of hydrogen-bond donors (Lipinski definition) is 0. The molecule has 0 saturated heterocycles. The van der Waals surface area contributed by atoms with Crippen LogP contribution in [0.3, 0.4) is 0 Å². The van der Waals surface area contributed by atoms with Gasteiger partial charge in [0, 0.05) is 7.14 Å². The summed E-state index contributed by atoms with van der Waals surface area (Å²) in [6.45, 7) is 2.19. The first-order valence-electron chi connectivity index (χ1n) is 2.39. The highest BCUT2D eigenvalue weighted by Gasteiger charge is 1.81. The molecule has 0 aromatic rings. The molecular weight excluding hydrogens is 147 g/mol. The van der Waals surface area contributed by atoms with Crippen molar-refractivity contribution in [3.05, 3.63) is 0 Å². The number of hydrogen-bond acceptors (Lipinski definition) is 1. The highest BCUT2D eigenvalue weighted by atomic mass is 35.7. The molecule has 0 bridgehead atoms. The van der Waals surface area contributed by atoms with Gasteiger partial charge in [0.15, 0.2) is 0 Å². The van der Waals surface area contributed by atoms with E-state index >= 15 is 0 Å². The van der Waals surface area contributed by atoms with Crippen LogP contribution in [0.4, 0.5) is 0 Å². The summed E-state index contributed by atoms with van der Waals surface area (Å²) in [5, 5.41) is 0. The average Bonchev–Trinajstić information content (AvgIpc) is 1.69. The zero-order valence-electron chi connectivity index (χ0n) is 4.41. The minimum absolute atomic E-state index is 0.557. The number of halogens is 1. The summed E-state index contributed by atoms with van der Waals surface area (Å²) >= 11 is 7.25. The standard InChI is InChI=1S/C4H10ClPS/c1-2-3-4-7-6-5/h6H,2-4H2,1H3. The molecule has 0 aliphatic carbocycles. The van der Waals surface area contributed by atoms with Crippen molar-refractivity contribution in [1.82, 2.24) is 0 Å².